The molecule has 2 N–H and O–H groups in total. The van der Waals surface area contributed by atoms with Crippen LogP contribution in [0.1, 0.15) is 23.6 Å². The Balaban J connectivity index is 1.75. The quantitative estimate of drug-likeness (QED) is 0.841. The molecule has 0 aliphatic rings. The lowest BCUT2D eigenvalue weighted by atomic mass is 10.1. The van der Waals surface area contributed by atoms with Crippen LogP contribution in [0, 0.1) is 6.92 Å². The summed E-state index contributed by atoms with van der Waals surface area (Å²) in [5, 5.41) is 12.8. The van der Waals surface area contributed by atoms with Gasteiger partial charge in [0, 0.05) is 6.04 Å². The molecule has 0 radical (unpaired) electrons. The van der Waals surface area contributed by atoms with E-state index >= 15 is 0 Å². The average Bonchev–Trinajstić information content (AvgIpc) is 2.41. The summed E-state index contributed by atoms with van der Waals surface area (Å²) < 4.78 is 0. The van der Waals surface area contributed by atoms with Gasteiger partial charge in [-0.05, 0) is 56.5 Å². The van der Waals surface area contributed by atoms with Gasteiger partial charge in [0.05, 0.1) is 0 Å². The van der Waals surface area contributed by atoms with Crippen LogP contribution in [0.25, 0.3) is 0 Å². The van der Waals surface area contributed by atoms with Crippen LogP contribution in [-0.4, -0.2) is 17.7 Å². The maximum atomic E-state index is 9.27. The van der Waals surface area contributed by atoms with Gasteiger partial charge in [0.1, 0.15) is 5.75 Å². The molecule has 1 atom stereocenters. The highest BCUT2D eigenvalue weighted by molar-refractivity contribution is 5.26. The van der Waals surface area contributed by atoms with Gasteiger partial charge < -0.3 is 10.4 Å². The van der Waals surface area contributed by atoms with E-state index in [0.29, 0.717) is 11.8 Å². The number of phenols is 1. The van der Waals surface area contributed by atoms with Crippen LogP contribution in [0.3, 0.4) is 0 Å². The zero-order chi connectivity index (χ0) is 14.4. The first kappa shape index (κ1) is 14.6. The Kier molecular flexibility index (Phi) is 5.19. The normalized spacial score (nSPS) is 12.3. The van der Waals surface area contributed by atoms with Gasteiger partial charge in [-0.15, -0.1) is 0 Å². The van der Waals surface area contributed by atoms with E-state index < -0.39 is 0 Å². The Morgan fingerprint density at radius 1 is 1.05 bits per heavy atom. The van der Waals surface area contributed by atoms with E-state index in [2.05, 4.69) is 43.4 Å². The van der Waals surface area contributed by atoms with Gasteiger partial charge >= 0.3 is 0 Å². The minimum absolute atomic E-state index is 0.328. The van der Waals surface area contributed by atoms with Crippen LogP contribution >= 0.6 is 0 Å². The molecule has 2 nitrogen and oxygen atoms in total. The highest BCUT2D eigenvalue weighted by Crippen LogP contribution is 2.11. The summed E-state index contributed by atoms with van der Waals surface area (Å²) in [5.41, 5.74) is 3.95. The first-order valence-corrected chi connectivity index (χ1v) is 7.20. The van der Waals surface area contributed by atoms with Gasteiger partial charge in [0.25, 0.3) is 0 Å². The molecule has 0 fully saturated rings. The van der Waals surface area contributed by atoms with Crippen LogP contribution in [0.5, 0.6) is 5.75 Å². The Morgan fingerprint density at radius 3 is 2.50 bits per heavy atom. The number of benzene rings is 2. The summed E-state index contributed by atoms with van der Waals surface area (Å²) in [7, 11) is 0. The van der Waals surface area contributed by atoms with Crippen molar-refractivity contribution in [2.75, 3.05) is 6.54 Å². The molecule has 1 unspecified atom stereocenters. The van der Waals surface area contributed by atoms with E-state index in [1.165, 1.54) is 16.7 Å². The second-order valence-electron chi connectivity index (χ2n) is 5.46. The highest BCUT2D eigenvalue weighted by atomic mass is 16.3. The van der Waals surface area contributed by atoms with Gasteiger partial charge in [-0.1, -0.05) is 42.0 Å². The minimum atomic E-state index is 0.328. The molecule has 0 bridgehead atoms. The van der Waals surface area contributed by atoms with Gasteiger partial charge in [0.2, 0.25) is 0 Å². The summed E-state index contributed by atoms with van der Waals surface area (Å²) in [4.78, 5) is 0. The summed E-state index contributed by atoms with van der Waals surface area (Å²) in [6, 6.07) is 16.6. The molecular formula is C18H23NO. The lowest BCUT2D eigenvalue weighted by Gasteiger charge is -2.14. The predicted octanol–water partition coefficient (Wildman–Crippen LogP) is 3.46. The number of hydrogen-bond donors (Lipinski definition) is 2. The molecule has 0 amide bonds. The number of aryl methyl sites for hydroxylation is 1. The smallest absolute Gasteiger partial charge is 0.115 e. The molecule has 0 heterocycles. The molecule has 2 aromatic rings. The van der Waals surface area contributed by atoms with Crippen molar-refractivity contribution >= 4 is 0 Å². The lowest BCUT2D eigenvalue weighted by Crippen LogP contribution is -2.29. The molecule has 0 aliphatic heterocycles. The van der Waals surface area contributed by atoms with Crippen molar-refractivity contribution in [1.29, 1.82) is 0 Å². The zero-order valence-electron chi connectivity index (χ0n) is 12.3. The van der Waals surface area contributed by atoms with Crippen molar-refractivity contribution in [2.45, 2.75) is 32.7 Å². The number of aromatic hydroxyl groups is 1. The first-order chi connectivity index (χ1) is 9.63. The van der Waals surface area contributed by atoms with Gasteiger partial charge in [-0.3, -0.25) is 0 Å². The molecule has 2 heteroatoms. The Bertz CT molecular complexity index is 533. The Labute approximate surface area is 121 Å². The number of hydrogen-bond acceptors (Lipinski definition) is 2. The zero-order valence-corrected chi connectivity index (χ0v) is 12.3. The molecule has 2 rings (SSSR count). The SMILES string of the molecule is Cc1cccc(CCNC(C)Cc2ccc(O)cc2)c1. The molecule has 0 spiro atoms. The molecule has 0 aliphatic carbocycles. The van der Waals surface area contributed by atoms with E-state index in [9.17, 15) is 5.11 Å². The van der Waals surface area contributed by atoms with Crippen LogP contribution in [0.4, 0.5) is 0 Å². The molecule has 0 aromatic heterocycles. The lowest BCUT2D eigenvalue weighted by molar-refractivity contribution is 0.474. The minimum Gasteiger partial charge on any atom is -0.508 e. The molecule has 0 saturated carbocycles. The fraction of sp³-hybridized carbons (Fsp3) is 0.333. The third-order valence-corrected chi connectivity index (χ3v) is 3.47. The standard InChI is InChI=1S/C18H23NO/c1-14-4-3-5-16(12-14)10-11-19-15(2)13-17-6-8-18(20)9-7-17/h3-9,12,15,19-20H,10-11,13H2,1-2H3. The van der Waals surface area contributed by atoms with Crippen molar-refractivity contribution in [3.8, 4) is 5.75 Å². The van der Waals surface area contributed by atoms with Crippen LogP contribution in [0.15, 0.2) is 48.5 Å². The Morgan fingerprint density at radius 2 is 1.80 bits per heavy atom. The van der Waals surface area contributed by atoms with Gasteiger partial charge in [0.15, 0.2) is 0 Å². The summed E-state index contributed by atoms with van der Waals surface area (Å²) >= 11 is 0. The van der Waals surface area contributed by atoms with Crippen molar-refractivity contribution in [3.05, 3.63) is 65.2 Å². The maximum absolute atomic E-state index is 9.27. The summed E-state index contributed by atoms with van der Waals surface area (Å²) in [6.07, 6.45) is 2.04. The Hall–Kier alpha value is -1.80. The second-order valence-corrected chi connectivity index (χ2v) is 5.46. The third kappa shape index (κ3) is 4.71. The van der Waals surface area contributed by atoms with Crippen LogP contribution in [0.2, 0.25) is 0 Å². The first-order valence-electron chi connectivity index (χ1n) is 7.20. The molecular weight excluding hydrogens is 246 g/mol. The van der Waals surface area contributed by atoms with Crippen LogP contribution < -0.4 is 5.32 Å². The molecule has 106 valence electrons. The van der Waals surface area contributed by atoms with Crippen molar-refractivity contribution in [1.82, 2.24) is 5.32 Å². The summed E-state index contributed by atoms with van der Waals surface area (Å²) in [5.74, 6) is 0.328. The van der Waals surface area contributed by atoms with Gasteiger partial charge in [-0.2, -0.15) is 0 Å². The van der Waals surface area contributed by atoms with E-state index in [4.69, 9.17) is 0 Å². The van der Waals surface area contributed by atoms with Crippen LogP contribution in [-0.2, 0) is 12.8 Å². The third-order valence-electron chi connectivity index (χ3n) is 3.47. The number of nitrogens with one attached hydrogen (secondary N) is 1. The van der Waals surface area contributed by atoms with Crippen molar-refractivity contribution < 1.29 is 5.11 Å². The number of phenolic OH excluding ortho intramolecular Hbond substituents is 1. The topological polar surface area (TPSA) is 32.3 Å². The largest absolute Gasteiger partial charge is 0.508 e. The van der Waals surface area contributed by atoms with E-state index in [0.717, 1.165) is 19.4 Å². The molecule has 0 saturated heterocycles. The van der Waals surface area contributed by atoms with E-state index in [-0.39, 0.29) is 0 Å². The van der Waals surface area contributed by atoms with E-state index in [1.807, 2.05) is 12.1 Å². The fourth-order valence-electron chi connectivity index (χ4n) is 2.39. The van der Waals surface area contributed by atoms with E-state index in [1.54, 1.807) is 12.1 Å². The number of rotatable bonds is 6. The highest BCUT2D eigenvalue weighted by Gasteiger charge is 2.03. The van der Waals surface area contributed by atoms with Crippen molar-refractivity contribution in [3.63, 3.8) is 0 Å². The molecule has 20 heavy (non-hydrogen) atoms. The summed E-state index contributed by atoms with van der Waals surface area (Å²) in [6.45, 7) is 5.32. The second kappa shape index (κ2) is 7.11. The average molecular weight is 269 g/mol. The van der Waals surface area contributed by atoms with Crippen molar-refractivity contribution in [2.24, 2.45) is 0 Å². The molecule has 2 aromatic carbocycles. The maximum Gasteiger partial charge on any atom is 0.115 e. The predicted molar refractivity (Wildman–Crippen MR) is 84.2 cm³/mol. The fourth-order valence-corrected chi connectivity index (χ4v) is 2.39. The monoisotopic (exact) mass is 269 g/mol. The van der Waals surface area contributed by atoms with Gasteiger partial charge in [-0.25, -0.2) is 0 Å².